The van der Waals surface area contributed by atoms with Gasteiger partial charge in [-0.25, -0.2) is 0 Å². The first-order valence-electron chi connectivity index (χ1n) is 9.74. The first-order valence-corrected chi connectivity index (χ1v) is 9.74. The van der Waals surface area contributed by atoms with Gasteiger partial charge in [0, 0.05) is 39.0 Å². The zero-order valence-electron chi connectivity index (χ0n) is 15.3. The number of likely N-dealkylation sites (tertiary alicyclic amines) is 2. The molecule has 0 aromatic rings. The van der Waals surface area contributed by atoms with Gasteiger partial charge in [-0.05, 0) is 38.5 Å². The summed E-state index contributed by atoms with van der Waals surface area (Å²) < 4.78 is 0. The van der Waals surface area contributed by atoms with Gasteiger partial charge in [-0.2, -0.15) is 0 Å². The third-order valence-electron chi connectivity index (χ3n) is 4.62. The third kappa shape index (κ3) is 8.38. The molecule has 0 aliphatic carbocycles. The summed E-state index contributed by atoms with van der Waals surface area (Å²) in [5, 5.41) is 0. The van der Waals surface area contributed by atoms with Crippen molar-refractivity contribution < 1.29 is 9.59 Å². The molecular formula is C19H36N2O2. The number of carbonyl (C=O) groups excluding carboxylic acids is 2. The van der Waals surface area contributed by atoms with Gasteiger partial charge in [0.2, 0.25) is 11.8 Å². The summed E-state index contributed by atoms with van der Waals surface area (Å²) in [7, 11) is 0. The molecule has 2 saturated heterocycles. The van der Waals surface area contributed by atoms with Crippen LogP contribution in [0.2, 0.25) is 0 Å². The fourth-order valence-corrected chi connectivity index (χ4v) is 3.17. The highest BCUT2D eigenvalue weighted by atomic mass is 16.2. The summed E-state index contributed by atoms with van der Waals surface area (Å²) in [4.78, 5) is 26.8. The number of nitrogens with zero attached hydrogens (tertiary/aromatic N) is 2. The number of hydrogen-bond acceptors (Lipinski definition) is 2. The minimum atomic E-state index is 0.365. The normalized spacial score (nSPS) is 19.7. The number of hydrogen-bond donors (Lipinski definition) is 0. The minimum Gasteiger partial charge on any atom is -0.343 e. The first-order chi connectivity index (χ1) is 11.2. The lowest BCUT2D eigenvalue weighted by molar-refractivity contribution is -0.131. The Kier molecular flexibility index (Phi) is 10.8. The fourth-order valence-electron chi connectivity index (χ4n) is 3.17. The van der Waals surface area contributed by atoms with Crippen LogP contribution in [0.1, 0.15) is 84.5 Å². The van der Waals surface area contributed by atoms with Crippen LogP contribution in [0.5, 0.6) is 0 Å². The minimum absolute atomic E-state index is 0.365. The lowest BCUT2D eigenvalue weighted by Crippen LogP contribution is -2.31. The maximum absolute atomic E-state index is 11.4. The monoisotopic (exact) mass is 324 g/mol. The topological polar surface area (TPSA) is 40.6 Å². The SMILES string of the molecule is CCCCN1CCCCCC1=O.CCCN1CCCCCC1=O. The summed E-state index contributed by atoms with van der Waals surface area (Å²) in [5.41, 5.74) is 0. The van der Waals surface area contributed by atoms with E-state index in [1.54, 1.807) is 0 Å². The Morgan fingerprint density at radius 3 is 1.70 bits per heavy atom. The molecule has 2 aliphatic rings. The van der Waals surface area contributed by atoms with Gasteiger partial charge < -0.3 is 9.80 Å². The van der Waals surface area contributed by atoms with E-state index < -0.39 is 0 Å². The molecule has 0 radical (unpaired) electrons. The molecular weight excluding hydrogens is 288 g/mol. The second-order valence-electron chi connectivity index (χ2n) is 6.74. The van der Waals surface area contributed by atoms with E-state index in [1.165, 1.54) is 32.1 Å². The Morgan fingerprint density at radius 1 is 0.696 bits per heavy atom. The first kappa shape index (κ1) is 20.0. The maximum atomic E-state index is 11.4. The van der Waals surface area contributed by atoms with Crippen LogP contribution < -0.4 is 0 Å². The van der Waals surface area contributed by atoms with Crippen molar-refractivity contribution in [1.29, 1.82) is 0 Å². The molecule has 0 atom stereocenters. The Labute approximate surface area is 142 Å². The van der Waals surface area contributed by atoms with E-state index in [0.29, 0.717) is 11.8 Å². The van der Waals surface area contributed by atoms with Gasteiger partial charge in [-0.15, -0.1) is 0 Å². The van der Waals surface area contributed by atoms with Crippen molar-refractivity contribution in [3.05, 3.63) is 0 Å². The second kappa shape index (κ2) is 12.4. The van der Waals surface area contributed by atoms with Crippen LogP contribution >= 0.6 is 0 Å². The molecule has 4 heteroatoms. The van der Waals surface area contributed by atoms with Crippen LogP contribution in [0.25, 0.3) is 0 Å². The molecule has 2 amide bonds. The standard InChI is InChI=1S/C10H19NO.C9H17NO/c1-2-3-8-11-9-6-4-5-7-10(11)12;1-2-7-10-8-5-3-4-6-9(10)11/h2-9H2,1H3;2-8H2,1H3. The molecule has 0 aromatic heterocycles. The van der Waals surface area contributed by atoms with Crippen LogP contribution in [-0.4, -0.2) is 47.8 Å². The number of amides is 2. The van der Waals surface area contributed by atoms with Gasteiger partial charge in [0.15, 0.2) is 0 Å². The van der Waals surface area contributed by atoms with Crippen molar-refractivity contribution in [3.63, 3.8) is 0 Å². The molecule has 0 N–H and O–H groups in total. The van der Waals surface area contributed by atoms with Crippen molar-refractivity contribution in [2.75, 3.05) is 26.2 Å². The van der Waals surface area contributed by atoms with Crippen LogP contribution in [0.4, 0.5) is 0 Å². The van der Waals surface area contributed by atoms with Gasteiger partial charge >= 0.3 is 0 Å². The fraction of sp³-hybridized carbons (Fsp3) is 0.895. The van der Waals surface area contributed by atoms with E-state index >= 15 is 0 Å². The highest BCUT2D eigenvalue weighted by molar-refractivity contribution is 5.76. The van der Waals surface area contributed by atoms with Crippen molar-refractivity contribution in [1.82, 2.24) is 9.80 Å². The van der Waals surface area contributed by atoms with E-state index in [-0.39, 0.29) is 0 Å². The number of unbranched alkanes of at least 4 members (excludes halogenated alkanes) is 1. The molecule has 2 fully saturated rings. The van der Waals surface area contributed by atoms with E-state index in [0.717, 1.165) is 64.7 Å². The van der Waals surface area contributed by atoms with E-state index in [1.807, 2.05) is 9.80 Å². The molecule has 0 bridgehead atoms. The van der Waals surface area contributed by atoms with Crippen LogP contribution in [-0.2, 0) is 9.59 Å². The lowest BCUT2D eigenvalue weighted by atomic mass is 10.2. The van der Waals surface area contributed by atoms with Crippen molar-refractivity contribution in [2.45, 2.75) is 84.5 Å². The molecule has 0 unspecified atom stereocenters. The Morgan fingerprint density at radius 2 is 1.22 bits per heavy atom. The van der Waals surface area contributed by atoms with E-state index in [9.17, 15) is 9.59 Å². The smallest absolute Gasteiger partial charge is 0.222 e. The highest BCUT2D eigenvalue weighted by Gasteiger charge is 2.15. The molecule has 23 heavy (non-hydrogen) atoms. The van der Waals surface area contributed by atoms with Crippen molar-refractivity contribution in [3.8, 4) is 0 Å². The molecule has 2 rings (SSSR count). The Bertz CT molecular complexity index is 344. The largest absolute Gasteiger partial charge is 0.343 e. The van der Waals surface area contributed by atoms with E-state index in [4.69, 9.17) is 0 Å². The number of carbonyl (C=O) groups is 2. The number of rotatable bonds is 5. The van der Waals surface area contributed by atoms with Crippen molar-refractivity contribution in [2.24, 2.45) is 0 Å². The summed E-state index contributed by atoms with van der Waals surface area (Å²) in [6, 6.07) is 0. The third-order valence-corrected chi connectivity index (χ3v) is 4.62. The summed E-state index contributed by atoms with van der Waals surface area (Å²) in [6.45, 7) is 8.22. The van der Waals surface area contributed by atoms with Crippen LogP contribution in [0.15, 0.2) is 0 Å². The molecule has 0 aromatic carbocycles. The van der Waals surface area contributed by atoms with Gasteiger partial charge in [0.05, 0.1) is 0 Å². The predicted molar refractivity (Wildman–Crippen MR) is 95.3 cm³/mol. The molecule has 2 aliphatic heterocycles. The summed E-state index contributed by atoms with van der Waals surface area (Å²) in [6.07, 6.45) is 12.0. The summed E-state index contributed by atoms with van der Waals surface area (Å²) in [5.74, 6) is 0.741. The van der Waals surface area contributed by atoms with Crippen molar-refractivity contribution >= 4 is 11.8 Å². The summed E-state index contributed by atoms with van der Waals surface area (Å²) >= 11 is 0. The van der Waals surface area contributed by atoms with Gasteiger partial charge in [-0.1, -0.05) is 33.1 Å². The van der Waals surface area contributed by atoms with Crippen LogP contribution in [0, 0.1) is 0 Å². The Balaban J connectivity index is 0.000000231. The van der Waals surface area contributed by atoms with Gasteiger partial charge in [0.1, 0.15) is 0 Å². The zero-order chi connectivity index (χ0) is 16.9. The van der Waals surface area contributed by atoms with Gasteiger partial charge in [-0.3, -0.25) is 9.59 Å². The predicted octanol–water partition coefficient (Wildman–Crippen LogP) is 3.99. The lowest BCUT2D eigenvalue weighted by Gasteiger charge is -2.19. The maximum Gasteiger partial charge on any atom is 0.222 e. The zero-order valence-corrected chi connectivity index (χ0v) is 15.3. The second-order valence-corrected chi connectivity index (χ2v) is 6.74. The average molecular weight is 325 g/mol. The molecule has 2 heterocycles. The Hall–Kier alpha value is -1.06. The quantitative estimate of drug-likeness (QED) is 0.767. The molecule has 4 nitrogen and oxygen atoms in total. The molecule has 0 spiro atoms. The average Bonchev–Trinajstić information content (AvgIpc) is 2.88. The molecule has 134 valence electrons. The van der Waals surface area contributed by atoms with E-state index in [2.05, 4.69) is 13.8 Å². The van der Waals surface area contributed by atoms with Crippen LogP contribution in [0.3, 0.4) is 0 Å². The molecule has 0 saturated carbocycles. The highest BCUT2D eigenvalue weighted by Crippen LogP contribution is 2.12. The van der Waals surface area contributed by atoms with Gasteiger partial charge in [0.25, 0.3) is 0 Å².